The average Bonchev–Trinajstić information content (AvgIpc) is 2.86. The highest BCUT2D eigenvalue weighted by Gasteiger charge is 2.52. The smallest absolute Gasteiger partial charge is 0.245 e. The highest BCUT2D eigenvalue weighted by molar-refractivity contribution is 6.34. The largest absolute Gasteiger partial charge is 0.508 e. The second-order valence-electron chi connectivity index (χ2n) is 8.81. The van der Waals surface area contributed by atoms with Crippen LogP contribution in [0.1, 0.15) is 28.4 Å². The van der Waals surface area contributed by atoms with Gasteiger partial charge < -0.3 is 20.2 Å². The zero-order valence-electron chi connectivity index (χ0n) is 18.8. The van der Waals surface area contributed by atoms with Crippen molar-refractivity contribution in [3.05, 3.63) is 82.6 Å². The maximum atomic E-state index is 14.2. The molecule has 0 aliphatic carbocycles. The average molecular weight is 477 g/mol. The van der Waals surface area contributed by atoms with E-state index in [1.165, 1.54) is 12.1 Å². The molecule has 34 heavy (non-hydrogen) atoms. The molecule has 2 aromatic carbocycles. The maximum Gasteiger partial charge on any atom is 0.245 e. The number of pyridine rings is 1. The third kappa shape index (κ3) is 3.71. The Morgan fingerprint density at radius 1 is 1.09 bits per heavy atom. The topological polar surface area (TPSA) is 85.8 Å². The summed E-state index contributed by atoms with van der Waals surface area (Å²) in [6, 6.07) is 13.5. The van der Waals surface area contributed by atoms with Crippen LogP contribution in [0.25, 0.3) is 0 Å². The summed E-state index contributed by atoms with van der Waals surface area (Å²) in [6.45, 7) is 4.96. The minimum atomic E-state index is -1.46. The molecule has 1 saturated heterocycles. The van der Waals surface area contributed by atoms with E-state index in [9.17, 15) is 14.7 Å². The third-order valence-electron chi connectivity index (χ3n) is 6.67. The van der Waals surface area contributed by atoms with Gasteiger partial charge in [0.2, 0.25) is 5.91 Å². The van der Waals surface area contributed by atoms with E-state index in [0.717, 1.165) is 37.4 Å². The molecule has 8 heteroatoms. The van der Waals surface area contributed by atoms with Crippen LogP contribution in [-0.4, -0.2) is 48.0 Å². The summed E-state index contributed by atoms with van der Waals surface area (Å²) in [4.78, 5) is 36.2. The Kier molecular flexibility index (Phi) is 5.75. The number of halogens is 1. The number of phenolic OH excluding ortho intramolecular Hbond substituents is 1. The van der Waals surface area contributed by atoms with Gasteiger partial charge in [0.1, 0.15) is 11.2 Å². The number of rotatable bonds is 4. The predicted molar refractivity (Wildman–Crippen MR) is 132 cm³/mol. The summed E-state index contributed by atoms with van der Waals surface area (Å²) in [7, 11) is 0. The Hall–Kier alpha value is -3.42. The molecule has 5 rings (SSSR count). The summed E-state index contributed by atoms with van der Waals surface area (Å²) < 4.78 is 0. The van der Waals surface area contributed by atoms with Crippen LogP contribution in [0, 0.1) is 0 Å². The van der Waals surface area contributed by atoms with Gasteiger partial charge >= 0.3 is 0 Å². The van der Waals surface area contributed by atoms with Crippen molar-refractivity contribution in [3.8, 4) is 5.75 Å². The van der Waals surface area contributed by atoms with Gasteiger partial charge in [-0.3, -0.25) is 14.6 Å². The Morgan fingerprint density at radius 2 is 1.79 bits per heavy atom. The molecular weight excluding hydrogens is 452 g/mol. The van der Waals surface area contributed by atoms with Crippen LogP contribution in [0.15, 0.2) is 60.9 Å². The van der Waals surface area contributed by atoms with Gasteiger partial charge in [0.15, 0.2) is 5.78 Å². The van der Waals surface area contributed by atoms with E-state index in [1.54, 1.807) is 42.4 Å². The molecule has 2 aliphatic rings. The second kappa shape index (κ2) is 8.74. The fraction of sp³-hybridized carbons (Fsp3) is 0.269. The fourth-order valence-corrected chi connectivity index (χ4v) is 4.99. The van der Waals surface area contributed by atoms with E-state index in [2.05, 4.69) is 15.2 Å². The van der Waals surface area contributed by atoms with Crippen molar-refractivity contribution < 1.29 is 14.7 Å². The molecule has 0 spiro atoms. The predicted octanol–water partition coefficient (Wildman–Crippen LogP) is 3.54. The first kappa shape index (κ1) is 22.4. The summed E-state index contributed by atoms with van der Waals surface area (Å²) in [5.41, 5.74) is 1.65. The number of hydrogen-bond acceptors (Lipinski definition) is 6. The van der Waals surface area contributed by atoms with Crippen LogP contribution < -0.4 is 15.1 Å². The number of fused-ring (bicyclic) bond motifs is 1. The molecule has 0 radical (unpaired) electrons. The highest BCUT2D eigenvalue weighted by atomic mass is 35.5. The second-order valence-corrected chi connectivity index (χ2v) is 9.25. The van der Waals surface area contributed by atoms with Crippen LogP contribution in [0.3, 0.4) is 0 Å². The Bertz CT molecular complexity index is 1240. The number of carbonyl (C=O) groups excluding carboxylic acids is 2. The number of hydrogen-bond donors (Lipinski definition) is 2. The molecule has 0 bridgehead atoms. The lowest BCUT2D eigenvalue weighted by atomic mass is 9.71. The molecule has 3 heterocycles. The molecule has 1 fully saturated rings. The van der Waals surface area contributed by atoms with Crippen molar-refractivity contribution in [2.75, 3.05) is 36.0 Å². The van der Waals surface area contributed by atoms with Crippen LogP contribution in [-0.2, 0) is 16.8 Å². The number of aromatic nitrogens is 1. The van der Waals surface area contributed by atoms with Gasteiger partial charge in [0.25, 0.3) is 0 Å². The van der Waals surface area contributed by atoms with Crippen molar-refractivity contribution >= 4 is 34.7 Å². The maximum absolute atomic E-state index is 14.2. The Balaban J connectivity index is 1.72. The van der Waals surface area contributed by atoms with Gasteiger partial charge in [-0.2, -0.15) is 0 Å². The lowest BCUT2D eigenvalue weighted by Crippen LogP contribution is -2.55. The summed E-state index contributed by atoms with van der Waals surface area (Å²) in [6.07, 6.45) is 3.39. The van der Waals surface area contributed by atoms with Crippen molar-refractivity contribution in [2.45, 2.75) is 18.9 Å². The van der Waals surface area contributed by atoms with Crippen molar-refractivity contribution in [2.24, 2.45) is 0 Å². The lowest BCUT2D eigenvalue weighted by molar-refractivity contribution is -0.122. The highest BCUT2D eigenvalue weighted by Crippen LogP contribution is 2.46. The quantitative estimate of drug-likeness (QED) is 0.560. The Labute approximate surface area is 203 Å². The van der Waals surface area contributed by atoms with Gasteiger partial charge in [0.05, 0.1) is 23.5 Å². The van der Waals surface area contributed by atoms with Crippen LogP contribution in [0.2, 0.25) is 5.02 Å². The van der Waals surface area contributed by atoms with Gasteiger partial charge in [-0.05, 0) is 48.4 Å². The molecule has 1 aromatic heterocycles. The fourth-order valence-electron chi connectivity index (χ4n) is 4.79. The first-order chi connectivity index (χ1) is 16.4. The molecule has 2 aliphatic heterocycles. The van der Waals surface area contributed by atoms with Crippen molar-refractivity contribution in [3.63, 3.8) is 0 Å². The van der Waals surface area contributed by atoms with E-state index >= 15 is 0 Å². The first-order valence-electron chi connectivity index (χ1n) is 11.2. The van der Waals surface area contributed by atoms with E-state index in [1.807, 2.05) is 18.2 Å². The van der Waals surface area contributed by atoms with Gasteiger partial charge in [-0.25, -0.2) is 0 Å². The molecule has 1 atom stereocenters. The van der Waals surface area contributed by atoms with E-state index in [0.29, 0.717) is 21.8 Å². The molecule has 7 nitrogen and oxygen atoms in total. The van der Waals surface area contributed by atoms with Crippen LogP contribution in [0.4, 0.5) is 11.4 Å². The minimum absolute atomic E-state index is 0.0731. The minimum Gasteiger partial charge on any atom is -0.508 e. The number of Topliss-reactive ketones (excluding diaryl/α,β-unsaturated/α-hetero) is 1. The summed E-state index contributed by atoms with van der Waals surface area (Å²) in [5, 5.41) is 13.6. The number of amides is 1. The van der Waals surface area contributed by atoms with Gasteiger partial charge in [0, 0.05) is 43.6 Å². The first-order valence-corrected chi connectivity index (χ1v) is 11.6. The summed E-state index contributed by atoms with van der Waals surface area (Å²) in [5.74, 6) is -0.539. The number of benzene rings is 2. The molecular formula is C26H25ClN4O3. The SMILES string of the molecule is CC1(c2ccc(O)cc2)C(=O)c2c(N3CCNCC3)cc(Cl)cc2N(Cc2cccnc2)C1=O. The number of piperazine rings is 1. The molecule has 174 valence electrons. The van der Waals surface area contributed by atoms with E-state index in [-0.39, 0.29) is 24.0 Å². The molecule has 1 amide bonds. The van der Waals surface area contributed by atoms with Gasteiger partial charge in [-0.15, -0.1) is 0 Å². The standard InChI is InChI=1S/C26H25ClN4O3/c1-26(18-4-6-20(32)7-5-18)24(33)23-21(30-11-9-28-10-12-30)13-19(27)14-22(23)31(25(26)34)16-17-3-2-8-29-15-17/h2-8,13-15,28,32H,9-12,16H2,1H3. The molecule has 2 N–H and O–H groups in total. The van der Waals surface area contributed by atoms with Crippen LogP contribution >= 0.6 is 11.6 Å². The number of phenols is 1. The zero-order valence-corrected chi connectivity index (χ0v) is 19.5. The number of carbonyl (C=O) groups is 2. The monoisotopic (exact) mass is 476 g/mol. The normalized spacial score (nSPS) is 20.4. The van der Waals surface area contributed by atoms with Crippen LogP contribution in [0.5, 0.6) is 5.75 Å². The lowest BCUT2D eigenvalue weighted by Gasteiger charge is -2.42. The zero-order chi connectivity index (χ0) is 23.9. The van der Waals surface area contributed by atoms with E-state index in [4.69, 9.17) is 11.6 Å². The number of nitrogens with zero attached hydrogens (tertiary/aromatic N) is 3. The Morgan fingerprint density at radius 3 is 2.47 bits per heavy atom. The van der Waals surface area contributed by atoms with Gasteiger partial charge in [-0.1, -0.05) is 29.8 Å². The number of nitrogens with one attached hydrogen (secondary N) is 1. The van der Waals surface area contributed by atoms with Crippen molar-refractivity contribution in [1.82, 2.24) is 10.3 Å². The summed E-state index contributed by atoms with van der Waals surface area (Å²) >= 11 is 6.54. The molecule has 3 aromatic rings. The van der Waals surface area contributed by atoms with E-state index < -0.39 is 5.41 Å². The molecule has 0 saturated carbocycles. The number of anilines is 2. The number of aromatic hydroxyl groups is 1. The van der Waals surface area contributed by atoms with Crippen molar-refractivity contribution in [1.29, 1.82) is 0 Å². The number of ketones is 1. The third-order valence-corrected chi connectivity index (χ3v) is 6.89. The molecule has 1 unspecified atom stereocenters.